The Hall–Kier alpha value is -1.47. The zero-order valence-electron chi connectivity index (χ0n) is 6.54. The van der Waals surface area contributed by atoms with Gasteiger partial charge in [-0.05, 0) is 30.0 Å². The summed E-state index contributed by atoms with van der Waals surface area (Å²) in [7, 11) is 0. The van der Waals surface area contributed by atoms with Crippen molar-refractivity contribution in [2.45, 2.75) is 4.90 Å². The van der Waals surface area contributed by atoms with E-state index in [1.165, 1.54) is 12.1 Å². The lowest BCUT2D eigenvalue weighted by Gasteiger charge is -1.91. The summed E-state index contributed by atoms with van der Waals surface area (Å²) < 4.78 is 12.8. The molecule has 13 heavy (non-hydrogen) atoms. The number of nitriles is 1. The fraction of sp³-hybridized carbons (Fsp3) is 0. The number of nitrogens with zero attached hydrogens (tertiary/aromatic N) is 1. The lowest BCUT2D eigenvalue weighted by molar-refractivity contribution is 0.629. The molecule has 1 aromatic heterocycles. The van der Waals surface area contributed by atoms with Crippen LogP contribution < -0.4 is 0 Å². The molecule has 0 aliphatic carbocycles. The van der Waals surface area contributed by atoms with Crippen molar-refractivity contribution in [3.63, 3.8) is 0 Å². The highest BCUT2D eigenvalue weighted by Gasteiger charge is 2.04. The molecule has 2 rings (SSSR count). The number of H-pyrrole nitrogens is 1. The number of aromatic amines is 1. The van der Waals surface area contributed by atoms with Crippen LogP contribution in [-0.4, -0.2) is 4.98 Å². The fourth-order valence-corrected chi connectivity index (χ4v) is 1.70. The van der Waals surface area contributed by atoms with Crippen molar-refractivity contribution in [2.75, 3.05) is 0 Å². The predicted molar refractivity (Wildman–Crippen MR) is 49.7 cm³/mol. The maximum atomic E-state index is 12.8. The molecule has 0 amide bonds. The van der Waals surface area contributed by atoms with Crippen LogP contribution in [-0.2, 0) is 0 Å². The van der Waals surface area contributed by atoms with E-state index in [0.717, 1.165) is 27.6 Å². The van der Waals surface area contributed by atoms with Crippen LogP contribution in [0.2, 0.25) is 0 Å². The van der Waals surface area contributed by atoms with Crippen LogP contribution in [0.1, 0.15) is 0 Å². The van der Waals surface area contributed by atoms with Crippen molar-refractivity contribution in [2.24, 2.45) is 0 Å². The van der Waals surface area contributed by atoms with Gasteiger partial charge >= 0.3 is 0 Å². The predicted octanol–water partition coefficient (Wildman–Crippen LogP) is 2.88. The first kappa shape index (κ1) is 8.14. The molecule has 0 spiro atoms. The quantitative estimate of drug-likeness (QED) is 0.557. The van der Waals surface area contributed by atoms with Crippen molar-refractivity contribution >= 4 is 22.7 Å². The molecule has 0 saturated carbocycles. The number of nitrogens with one attached hydrogen (secondary N) is 1. The van der Waals surface area contributed by atoms with Crippen molar-refractivity contribution in [3.8, 4) is 5.40 Å². The number of aromatic nitrogens is 1. The summed E-state index contributed by atoms with van der Waals surface area (Å²) in [4.78, 5) is 3.72. The van der Waals surface area contributed by atoms with Gasteiger partial charge in [0.1, 0.15) is 11.2 Å². The van der Waals surface area contributed by atoms with E-state index in [4.69, 9.17) is 5.26 Å². The summed E-state index contributed by atoms with van der Waals surface area (Å²) in [6.07, 6.45) is 1.71. The Morgan fingerprint density at radius 2 is 2.31 bits per heavy atom. The Morgan fingerprint density at radius 1 is 1.46 bits per heavy atom. The third-order valence-electron chi connectivity index (χ3n) is 1.76. The van der Waals surface area contributed by atoms with Crippen LogP contribution in [0.5, 0.6) is 0 Å². The first-order valence-electron chi connectivity index (χ1n) is 3.64. The van der Waals surface area contributed by atoms with Crippen LogP contribution in [0.15, 0.2) is 29.3 Å². The highest BCUT2D eigenvalue weighted by Crippen LogP contribution is 2.27. The molecular weight excluding hydrogens is 187 g/mol. The summed E-state index contributed by atoms with van der Waals surface area (Å²) in [5.41, 5.74) is 0.846. The normalized spacial score (nSPS) is 10.2. The summed E-state index contributed by atoms with van der Waals surface area (Å²) >= 11 is 1.03. The maximum absolute atomic E-state index is 12.8. The second kappa shape index (κ2) is 3.11. The van der Waals surface area contributed by atoms with Crippen LogP contribution in [0.4, 0.5) is 4.39 Å². The van der Waals surface area contributed by atoms with Crippen LogP contribution >= 0.6 is 11.8 Å². The number of thioether (sulfide) groups is 1. The SMILES string of the molecule is N#CSc1c[nH]c2ccc(F)cc12. The smallest absolute Gasteiger partial charge is 0.138 e. The van der Waals surface area contributed by atoms with Crippen molar-refractivity contribution < 1.29 is 4.39 Å². The molecule has 0 radical (unpaired) electrons. The highest BCUT2D eigenvalue weighted by molar-refractivity contribution is 8.04. The molecule has 1 aromatic carbocycles. The first-order chi connectivity index (χ1) is 6.31. The summed E-state index contributed by atoms with van der Waals surface area (Å²) in [5.74, 6) is -0.285. The summed E-state index contributed by atoms with van der Waals surface area (Å²) in [6, 6.07) is 4.47. The van der Waals surface area contributed by atoms with Crippen molar-refractivity contribution in [3.05, 3.63) is 30.2 Å². The van der Waals surface area contributed by atoms with E-state index < -0.39 is 0 Å². The third kappa shape index (κ3) is 1.38. The van der Waals surface area contributed by atoms with Gasteiger partial charge in [-0.2, -0.15) is 5.26 Å². The number of rotatable bonds is 1. The average Bonchev–Trinajstić information content (AvgIpc) is 2.49. The lowest BCUT2D eigenvalue weighted by atomic mass is 10.2. The van der Waals surface area contributed by atoms with E-state index in [9.17, 15) is 4.39 Å². The van der Waals surface area contributed by atoms with Crippen molar-refractivity contribution in [1.29, 1.82) is 5.26 Å². The Balaban J connectivity index is 2.66. The molecule has 0 atom stereocenters. The second-order valence-electron chi connectivity index (χ2n) is 2.54. The van der Waals surface area contributed by atoms with E-state index in [0.29, 0.717) is 0 Å². The Kier molecular flexibility index (Phi) is 1.95. The minimum absolute atomic E-state index is 0.285. The van der Waals surface area contributed by atoms with Gasteiger partial charge in [-0.1, -0.05) is 0 Å². The molecule has 2 nitrogen and oxygen atoms in total. The van der Waals surface area contributed by atoms with Gasteiger partial charge in [0.05, 0.1) is 0 Å². The maximum Gasteiger partial charge on any atom is 0.138 e. The monoisotopic (exact) mass is 192 g/mol. The molecule has 0 fully saturated rings. The fourth-order valence-electron chi connectivity index (χ4n) is 1.20. The minimum atomic E-state index is -0.285. The van der Waals surface area contributed by atoms with Crippen molar-refractivity contribution in [1.82, 2.24) is 4.98 Å². The Bertz CT molecular complexity index is 484. The summed E-state index contributed by atoms with van der Waals surface area (Å²) in [6.45, 7) is 0. The van der Waals surface area contributed by atoms with Crippen LogP contribution in [0.25, 0.3) is 10.9 Å². The average molecular weight is 192 g/mol. The third-order valence-corrected chi connectivity index (χ3v) is 2.41. The molecule has 64 valence electrons. The first-order valence-corrected chi connectivity index (χ1v) is 4.45. The zero-order valence-corrected chi connectivity index (χ0v) is 7.36. The molecule has 4 heteroatoms. The number of benzene rings is 1. The standard InChI is InChI=1S/C9H5FN2S/c10-6-1-2-8-7(3-6)9(4-12-8)13-5-11/h1-4,12H. The Labute approximate surface area is 78.4 Å². The van der Waals surface area contributed by atoms with Gasteiger partial charge in [0.15, 0.2) is 0 Å². The number of fused-ring (bicyclic) bond motifs is 1. The van der Waals surface area contributed by atoms with E-state index in [-0.39, 0.29) is 5.82 Å². The molecule has 2 aromatic rings. The van der Waals surface area contributed by atoms with E-state index >= 15 is 0 Å². The van der Waals surface area contributed by atoms with Gasteiger partial charge in [-0.15, -0.1) is 0 Å². The molecule has 0 saturated heterocycles. The lowest BCUT2D eigenvalue weighted by Crippen LogP contribution is -1.72. The number of hydrogen-bond acceptors (Lipinski definition) is 2. The van der Waals surface area contributed by atoms with Gasteiger partial charge < -0.3 is 4.98 Å². The topological polar surface area (TPSA) is 39.6 Å². The van der Waals surface area contributed by atoms with Gasteiger partial charge in [0, 0.05) is 22.0 Å². The van der Waals surface area contributed by atoms with Crippen LogP contribution in [0.3, 0.4) is 0 Å². The van der Waals surface area contributed by atoms with E-state index in [1.54, 1.807) is 12.3 Å². The van der Waals surface area contributed by atoms with Gasteiger partial charge in [-0.3, -0.25) is 0 Å². The number of hydrogen-bond donors (Lipinski definition) is 1. The molecule has 0 unspecified atom stereocenters. The number of thiocyanates is 1. The summed E-state index contributed by atoms with van der Waals surface area (Å²) in [5, 5.41) is 11.2. The van der Waals surface area contributed by atoms with Gasteiger partial charge in [0.2, 0.25) is 0 Å². The minimum Gasteiger partial charge on any atom is -0.360 e. The molecule has 0 bridgehead atoms. The van der Waals surface area contributed by atoms with Crippen LogP contribution in [0, 0.1) is 16.5 Å². The molecule has 0 aliphatic rings. The zero-order chi connectivity index (χ0) is 9.26. The molecule has 1 heterocycles. The van der Waals surface area contributed by atoms with E-state index in [1.807, 2.05) is 5.40 Å². The highest BCUT2D eigenvalue weighted by atomic mass is 32.2. The van der Waals surface area contributed by atoms with Gasteiger partial charge in [0.25, 0.3) is 0 Å². The molecular formula is C9H5FN2S. The second-order valence-corrected chi connectivity index (χ2v) is 3.36. The van der Waals surface area contributed by atoms with Gasteiger partial charge in [-0.25, -0.2) is 4.39 Å². The molecule has 0 aliphatic heterocycles. The Morgan fingerprint density at radius 3 is 3.08 bits per heavy atom. The molecule has 1 N–H and O–H groups in total. The van der Waals surface area contributed by atoms with E-state index in [2.05, 4.69) is 4.98 Å². The largest absolute Gasteiger partial charge is 0.360 e. The number of halogens is 1.